The Hall–Kier alpha value is -1.62. The van der Waals surface area contributed by atoms with Crippen molar-refractivity contribution in [3.63, 3.8) is 0 Å². The van der Waals surface area contributed by atoms with E-state index in [1.807, 2.05) is 24.3 Å². The molecule has 0 aliphatic heterocycles. The van der Waals surface area contributed by atoms with E-state index in [2.05, 4.69) is 21.2 Å². The SMILES string of the molecule is O=C(/C=C/c1cccc(Br)c1)NC1CCC(C(=O)O)CC1. The fourth-order valence-electron chi connectivity index (χ4n) is 2.52. The Morgan fingerprint density at radius 3 is 2.57 bits per heavy atom. The van der Waals surface area contributed by atoms with Crippen LogP contribution in [0.15, 0.2) is 34.8 Å². The maximum Gasteiger partial charge on any atom is 0.306 e. The van der Waals surface area contributed by atoms with Gasteiger partial charge in [0.15, 0.2) is 0 Å². The fraction of sp³-hybridized carbons (Fsp3) is 0.375. The predicted octanol–water partition coefficient (Wildman–Crippen LogP) is 3.22. The minimum absolute atomic E-state index is 0.0836. The van der Waals surface area contributed by atoms with Crippen LogP contribution in [0.4, 0.5) is 0 Å². The molecule has 2 N–H and O–H groups in total. The quantitative estimate of drug-likeness (QED) is 0.818. The van der Waals surface area contributed by atoms with Crippen molar-refractivity contribution in [2.24, 2.45) is 5.92 Å². The summed E-state index contributed by atoms with van der Waals surface area (Å²) in [4.78, 5) is 22.7. The molecule has 0 heterocycles. The average Bonchev–Trinajstić information content (AvgIpc) is 2.46. The van der Waals surface area contributed by atoms with Crippen LogP contribution in [0.3, 0.4) is 0 Å². The molecule has 1 aliphatic carbocycles. The minimum Gasteiger partial charge on any atom is -0.481 e. The number of amides is 1. The third kappa shape index (κ3) is 5.01. The van der Waals surface area contributed by atoms with Crippen LogP contribution in [0.2, 0.25) is 0 Å². The van der Waals surface area contributed by atoms with Gasteiger partial charge in [-0.3, -0.25) is 9.59 Å². The highest BCUT2D eigenvalue weighted by atomic mass is 79.9. The van der Waals surface area contributed by atoms with E-state index in [4.69, 9.17) is 5.11 Å². The zero-order chi connectivity index (χ0) is 15.2. The molecular weight excluding hydrogens is 334 g/mol. The molecular formula is C16H18BrNO3. The van der Waals surface area contributed by atoms with E-state index in [9.17, 15) is 9.59 Å². The number of nitrogens with one attached hydrogen (secondary N) is 1. The van der Waals surface area contributed by atoms with Crippen LogP contribution < -0.4 is 5.32 Å². The van der Waals surface area contributed by atoms with E-state index in [0.717, 1.165) is 22.9 Å². The number of carbonyl (C=O) groups is 2. The van der Waals surface area contributed by atoms with E-state index in [1.54, 1.807) is 6.08 Å². The number of carbonyl (C=O) groups excluding carboxylic acids is 1. The van der Waals surface area contributed by atoms with E-state index >= 15 is 0 Å². The third-order valence-electron chi connectivity index (χ3n) is 3.70. The summed E-state index contributed by atoms with van der Waals surface area (Å²) in [5, 5.41) is 11.9. The Kier molecular flexibility index (Phi) is 5.56. The van der Waals surface area contributed by atoms with Crippen molar-refractivity contribution >= 4 is 33.9 Å². The molecule has 0 saturated heterocycles. The highest BCUT2D eigenvalue weighted by Crippen LogP contribution is 2.24. The predicted molar refractivity (Wildman–Crippen MR) is 84.7 cm³/mol. The molecule has 4 nitrogen and oxygen atoms in total. The zero-order valence-electron chi connectivity index (χ0n) is 11.6. The molecule has 1 aromatic carbocycles. The normalized spacial score (nSPS) is 22.1. The molecule has 2 rings (SSSR count). The van der Waals surface area contributed by atoms with E-state index in [0.29, 0.717) is 12.8 Å². The van der Waals surface area contributed by atoms with Gasteiger partial charge in [-0.1, -0.05) is 28.1 Å². The largest absolute Gasteiger partial charge is 0.481 e. The van der Waals surface area contributed by atoms with Gasteiger partial charge >= 0.3 is 5.97 Å². The van der Waals surface area contributed by atoms with Crippen LogP contribution >= 0.6 is 15.9 Å². The van der Waals surface area contributed by atoms with Crippen molar-refractivity contribution in [3.05, 3.63) is 40.4 Å². The Morgan fingerprint density at radius 1 is 1.24 bits per heavy atom. The summed E-state index contributed by atoms with van der Waals surface area (Å²) in [7, 11) is 0. The van der Waals surface area contributed by atoms with Crippen molar-refractivity contribution in [3.8, 4) is 0 Å². The topological polar surface area (TPSA) is 66.4 Å². The lowest BCUT2D eigenvalue weighted by Gasteiger charge is -2.26. The summed E-state index contributed by atoms with van der Waals surface area (Å²) in [5.74, 6) is -1.11. The van der Waals surface area contributed by atoms with Gasteiger partial charge < -0.3 is 10.4 Å². The third-order valence-corrected chi connectivity index (χ3v) is 4.19. The zero-order valence-corrected chi connectivity index (χ0v) is 13.2. The maximum atomic E-state index is 11.9. The number of hydrogen-bond donors (Lipinski definition) is 2. The summed E-state index contributed by atoms with van der Waals surface area (Å²) >= 11 is 3.38. The molecule has 0 unspecified atom stereocenters. The van der Waals surface area contributed by atoms with Gasteiger partial charge in [-0.15, -0.1) is 0 Å². The lowest BCUT2D eigenvalue weighted by molar-refractivity contribution is -0.142. The van der Waals surface area contributed by atoms with Gasteiger partial charge in [0.25, 0.3) is 0 Å². The van der Waals surface area contributed by atoms with Crippen LogP contribution in [-0.4, -0.2) is 23.0 Å². The number of benzene rings is 1. The van der Waals surface area contributed by atoms with Crippen molar-refractivity contribution in [2.75, 3.05) is 0 Å². The number of hydrogen-bond acceptors (Lipinski definition) is 2. The molecule has 1 aliphatic rings. The van der Waals surface area contributed by atoms with Gasteiger partial charge in [-0.2, -0.15) is 0 Å². The number of carboxylic acid groups (broad SMARTS) is 1. The number of carboxylic acids is 1. The molecule has 1 aromatic rings. The highest BCUT2D eigenvalue weighted by molar-refractivity contribution is 9.10. The first-order valence-electron chi connectivity index (χ1n) is 7.01. The van der Waals surface area contributed by atoms with Gasteiger partial charge in [0, 0.05) is 16.6 Å². The first kappa shape index (κ1) is 15.8. The molecule has 0 bridgehead atoms. The second kappa shape index (κ2) is 7.41. The summed E-state index contributed by atoms with van der Waals surface area (Å²) in [6.45, 7) is 0. The molecule has 5 heteroatoms. The van der Waals surface area contributed by atoms with Crippen molar-refractivity contribution in [1.29, 1.82) is 0 Å². The Bertz CT molecular complexity index is 548. The molecule has 0 atom stereocenters. The first-order chi connectivity index (χ1) is 10.0. The maximum absolute atomic E-state index is 11.9. The monoisotopic (exact) mass is 351 g/mol. The molecule has 0 radical (unpaired) electrons. The van der Waals surface area contributed by atoms with Gasteiger partial charge in [-0.25, -0.2) is 0 Å². The molecule has 1 fully saturated rings. The van der Waals surface area contributed by atoms with Gasteiger partial charge in [0.05, 0.1) is 5.92 Å². The van der Waals surface area contributed by atoms with Crippen LogP contribution in [0.5, 0.6) is 0 Å². The Balaban J connectivity index is 1.81. The van der Waals surface area contributed by atoms with Crippen LogP contribution in [0, 0.1) is 5.92 Å². The lowest BCUT2D eigenvalue weighted by atomic mass is 9.86. The summed E-state index contributed by atoms with van der Waals surface area (Å²) in [5.41, 5.74) is 0.953. The summed E-state index contributed by atoms with van der Waals surface area (Å²) in [6, 6.07) is 7.78. The second-order valence-corrected chi connectivity index (χ2v) is 6.20. The minimum atomic E-state index is -0.727. The van der Waals surface area contributed by atoms with Gasteiger partial charge in [-0.05, 0) is 49.5 Å². The number of halogens is 1. The van der Waals surface area contributed by atoms with Crippen molar-refractivity contribution in [1.82, 2.24) is 5.32 Å². The lowest BCUT2D eigenvalue weighted by Crippen LogP contribution is -2.37. The molecule has 1 amide bonds. The van der Waals surface area contributed by atoms with Gasteiger partial charge in [0.2, 0.25) is 5.91 Å². The summed E-state index contributed by atoms with van der Waals surface area (Å²) in [6.07, 6.45) is 6.01. The highest BCUT2D eigenvalue weighted by Gasteiger charge is 2.26. The smallest absolute Gasteiger partial charge is 0.306 e. The van der Waals surface area contributed by atoms with Crippen LogP contribution in [-0.2, 0) is 9.59 Å². The molecule has 0 spiro atoms. The standard InChI is InChI=1S/C16H18BrNO3/c17-13-3-1-2-11(10-13)4-9-15(19)18-14-7-5-12(6-8-14)16(20)21/h1-4,9-10,12,14H,5-8H2,(H,18,19)(H,20,21)/b9-4+. The van der Waals surface area contributed by atoms with Gasteiger partial charge in [0.1, 0.15) is 0 Å². The van der Waals surface area contributed by atoms with E-state index in [-0.39, 0.29) is 17.9 Å². The summed E-state index contributed by atoms with van der Waals surface area (Å²) < 4.78 is 0.969. The Labute approximate surface area is 132 Å². The molecule has 1 saturated carbocycles. The number of aliphatic carboxylic acids is 1. The first-order valence-corrected chi connectivity index (χ1v) is 7.81. The van der Waals surface area contributed by atoms with Crippen LogP contribution in [0.1, 0.15) is 31.2 Å². The van der Waals surface area contributed by atoms with Crippen LogP contribution in [0.25, 0.3) is 6.08 Å². The fourth-order valence-corrected chi connectivity index (χ4v) is 2.93. The average molecular weight is 352 g/mol. The Morgan fingerprint density at radius 2 is 1.95 bits per heavy atom. The second-order valence-electron chi connectivity index (χ2n) is 5.28. The van der Waals surface area contributed by atoms with E-state index < -0.39 is 5.97 Å². The number of rotatable bonds is 4. The molecule has 0 aromatic heterocycles. The van der Waals surface area contributed by atoms with E-state index in [1.165, 1.54) is 6.08 Å². The molecule has 21 heavy (non-hydrogen) atoms. The van der Waals surface area contributed by atoms with Crippen molar-refractivity contribution < 1.29 is 14.7 Å². The molecule has 112 valence electrons. The van der Waals surface area contributed by atoms with Crippen molar-refractivity contribution in [2.45, 2.75) is 31.7 Å².